The summed E-state index contributed by atoms with van der Waals surface area (Å²) in [5.74, 6) is -0.188. The van der Waals surface area contributed by atoms with Crippen LogP contribution in [-0.4, -0.2) is 27.6 Å². The Bertz CT molecular complexity index is 1100. The molecule has 132 valence electrons. The van der Waals surface area contributed by atoms with E-state index in [1.807, 2.05) is 12.1 Å². The fraction of sp³-hybridized carbons (Fsp3) is 0.125. The molecule has 0 fully saturated rings. The van der Waals surface area contributed by atoms with Gasteiger partial charge in [-0.3, -0.25) is 4.72 Å². The number of para-hydroxylation sites is 1. The summed E-state index contributed by atoms with van der Waals surface area (Å²) in [6.07, 6.45) is 1.97. The van der Waals surface area contributed by atoms with Gasteiger partial charge in [-0.2, -0.15) is 0 Å². The second-order valence-corrected chi connectivity index (χ2v) is 9.03. The molecule has 0 atom stereocenters. The van der Waals surface area contributed by atoms with Gasteiger partial charge in [-0.05, 0) is 36.2 Å². The molecule has 7 nitrogen and oxygen atoms in total. The summed E-state index contributed by atoms with van der Waals surface area (Å²) in [5.41, 5.74) is 1.86. The lowest BCUT2D eigenvalue weighted by Crippen LogP contribution is -2.18. The third-order valence-corrected chi connectivity index (χ3v) is 5.90. The SMILES string of the molecule is NS(=O)(=O)CCc1ccc(S(=O)(=O)Nc2cccc3cc[nH]c23)cc1. The second-order valence-electron chi connectivity index (χ2n) is 5.61. The number of aromatic nitrogens is 1. The summed E-state index contributed by atoms with van der Waals surface area (Å²) in [7, 11) is -7.31. The van der Waals surface area contributed by atoms with E-state index in [1.54, 1.807) is 30.5 Å². The van der Waals surface area contributed by atoms with Gasteiger partial charge in [-0.1, -0.05) is 24.3 Å². The maximum atomic E-state index is 12.6. The van der Waals surface area contributed by atoms with E-state index < -0.39 is 20.0 Å². The zero-order valence-electron chi connectivity index (χ0n) is 13.1. The molecule has 0 saturated carbocycles. The number of aryl methyl sites for hydroxylation is 1. The minimum atomic E-state index is -3.76. The molecule has 0 aliphatic rings. The van der Waals surface area contributed by atoms with Gasteiger partial charge in [0, 0.05) is 11.6 Å². The monoisotopic (exact) mass is 379 g/mol. The summed E-state index contributed by atoms with van der Waals surface area (Å²) >= 11 is 0. The van der Waals surface area contributed by atoms with Crippen LogP contribution in [-0.2, 0) is 26.5 Å². The molecule has 1 heterocycles. The highest BCUT2D eigenvalue weighted by molar-refractivity contribution is 7.92. The van der Waals surface area contributed by atoms with Crippen LogP contribution in [0.5, 0.6) is 0 Å². The van der Waals surface area contributed by atoms with E-state index in [0.29, 0.717) is 16.8 Å². The molecule has 3 rings (SSSR count). The smallest absolute Gasteiger partial charge is 0.261 e. The van der Waals surface area contributed by atoms with Crippen molar-refractivity contribution < 1.29 is 16.8 Å². The van der Waals surface area contributed by atoms with Crippen LogP contribution in [0.15, 0.2) is 59.6 Å². The third-order valence-electron chi connectivity index (χ3n) is 3.74. The molecule has 25 heavy (non-hydrogen) atoms. The molecule has 4 N–H and O–H groups in total. The first kappa shape index (κ1) is 17.5. The number of nitrogens with two attached hydrogens (primary N) is 1. The predicted octanol–water partition coefficient (Wildman–Crippen LogP) is 1.80. The van der Waals surface area contributed by atoms with Gasteiger partial charge in [-0.25, -0.2) is 22.0 Å². The molecule has 0 amide bonds. The van der Waals surface area contributed by atoms with Gasteiger partial charge in [0.25, 0.3) is 10.0 Å². The van der Waals surface area contributed by atoms with Gasteiger partial charge in [0.05, 0.1) is 21.9 Å². The lowest BCUT2D eigenvalue weighted by Gasteiger charge is -2.10. The van der Waals surface area contributed by atoms with Crippen LogP contribution in [0, 0.1) is 0 Å². The minimum absolute atomic E-state index is 0.0930. The number of primary sulfonamides is 1. The van der Waals surface area contributed by atoms with Crippen molar-refractivity contribution in [2.45, 2.75) is 11.3 Å². The van der Waals surface area contributed by atoms with E-state index in [4.69, 9.17) is 5.14 Å². The van der Waals surface area contributed by atoms with Crippen molar-refractivity contribution in [2.24, 2.45) is 5.14 Å². The maximum Gasteiger partial charge on any atom is 0.261 e. The van der Waals surface area contributed by atoms with E-state index in [-0.39, 0.29) is 17.1 Å². The number of hydrogen-bond donors (Lipinski definition) is 3. The Morgan fingerprint density at radius 3 is 2.36 bits per heavy atom. The van der Waals surface area contributed by atoms with Crippen molar-refractivity contribution >= 4 is 36.6 Å². The molecule has 0 aliphatic carbocycles. The first-order chi connectivity index (χ1) is 11.7. The molecule has 9 heteroatoms. The quantitative estimate of drug-likeness (QED) is 0.604. The number of H-pyrrole nitrogens is 1. The number of nitrogens with one attached hydrogen (secondary N) is 2. The summed E-state index contributed by atoms with van der Waals surface area (Å²) in [5, 5.41) is 5.87. The van der Waals surface area contributed by atoms with Crippen molar-refractivity contribution in [1.82, 2.24) is 4.98 Å². The topological polar surface area (TPSA) is 122 Å². The van der Waals surface area contributed by atoms with Gasteiger partial charge in [0.1, 0.15) is 0 Å². The fourth-order valence-electron chi connectivity index (χ4n) is 2.47. The number of hydrogen-bond acceptors (Lipinski definition) is 4. The van der Waals surface area contributed by atoms with Crippen molar-refractivity contribution in [1.29, 1.82) is 0 Å². The Morgan fingerprint density at radius 1 is 0.960 bits per heavy atom. The van der Waals surface area contributed by atoms with Crippen LogP contribution in [0.4, 0.5) is 5.69 Å². The molecule has 2 aromatic carbocycles. The van der Waals surface area contributed by atoms with Crippen molar-refractivity contribution in [3.63, 3.8) is 0 Å². The summed E-state index contributed by atoms with van der Waals surface area (Å²) in [6, 6.07) is 13.2. The lowest BCUT2D eigenvalue weighted by molar-refractivity contribution is 0.596. The van der Waals surface area contributed by atoms with Crippen LogP contribution in [0.3, 0.4) is 0 Å². The first-order valence-corrected chi connectivity index (χ1v) is 10.6. The Labute approximate surface area is 146 Å². The number of anilines is 1. The predicted molar refractivity (Wildman–Crippen MR) is 97.2 cm³/mol. The molecule has 0 spiro atoms. The first-order valence-electron chi connectivity index (χ1n) is 7.43. The molecular formula is C16H17N3O4S2. The van der Waals surface area contributed by atoms with Gasteiger partial charge >= 0.3 is 0 Å². The molecule has 0 saturated heterocycles. The zero-order chi connectivity index (χ0) is 18.1. The Balaban J connectivity index is 1.81. The standard InChI is InChI=1S/C16H17N3O4S2/c17-24(20,21)11-9-12-4-6-14(7-5-12)25(22,23)19-15-3-1-2-13-8-10-18-16(13)15/h1-8,10,18-19H,9,11H2,(H2,17,20,21). The molecular weight excluding hydrogens is 362 g/mol. The molecule has 0 radical (unpaired) electrons. The Morgan fingerprint density at radius 2 is 1.68 bits per heavy atom. The number of benzene rings is 2. The normalized spacial score (nSPS) is 12.4. The highest BCUT2D eigenvalue weighted by Gasteiger charge is 2.16. The van der Waals surface area contributed by atoms with Crippen LogP contribution >= 0.6 is 0 Å². The third kappa shape index (κ3) is 4.19. The molecule has 1 aromatic heterocycles. The van der Waals surface area contributed by atoms with E-state index in [9.17, 15) is 16.8 Å². The largest absolute Gasteiger partial charge is 0.359 e. The summed E-state index contributed by atoms with van der Waals surface area (Å²) < 4.78 is 49.6. The van der Waals surface area contributed by atoms with Crippen molar-refractivity contribution in [3.05, 3.63) is 60.3 Å². The number of fused-ring (bicyclic) bond motifs is 1. The number of aromatic amines is 1. The van der Waals surface area contributed by atoms with Gasteiger partial charge in [-0.15, -0.1) is 0 Å². The van der Waals surface area contributed by atoms with Gasteiger partial charge < -0.3 is 4.98 Å². The highest BCUT2D eigenvalue weighted by Crippen LogP contribution is 2.24. The van der Waals surface area contributed by atoms with Crippen LogP contribution in [0.25, 0.3) is 10.9 Å². The average molecular weight is 379 g/mol. The molecule has 0 aliphatic heterocycles. The van der Waals surface area contributed by atoms with Crippen LogP contribution in [0.1, 0.15) is 5.56 Å². The van der Waals surface area contributed by atoms with Gasteiger partial charge in [0.2, 0.25) is 10.0 Å². The van der Waals surface area contributed by atoms with E-state index in [0.717, 1.165) is 5.39 Å². The van der Waals surface area contributed by atoms with Crippen molar-refractivity contribution in [3.8, 4) is 0 Å². The lowest BCUT2D eigenvalue weighted by atomic mass is 10.2. The maximum absolute atomic E-state index is 12.6. The van der Waals surface area contributed by atoms with Crippen LogP contribution < -0.4 is 9.86 Å². The minimum Gasteiger partial charge on any atom is -0.359 e. The summed E-state index contributed by atoms with van der Waals surface area (Å²) in [4.78, 5) is 3.10. The van der Waals surface area contributed by atoms with E-state index in [2.05, 4.69) is 9.71 Å². The van der Waals surface area contributed by atoms with Gasteiger partial charge in [0.15, 0.2) is 0 Å². The summed E-state index contributed by atoms with van der Waals surface area (Å²) in [6.45, 7) is 0. The van der Waals surface area contributed by atoms with Crippen molar-refractivity contribution in [2.75, 3.05) is 10.5 Å². The second kappa shape index (κ2) is 6.51. The Hall–Kier alpha value is -2.36. The molecule has 0 bridgehead atoms. The number of sulfonamides is 2. The Kier molecular flexibility index (Phi) is 4.55. The van der Waals surface area contributed by atoms with E-state index >= 15 is 0 Å². The number of rotatable bonds is 6. The fourth-order valence-corrected chi connectivity index (χ4v) is 4.06. The molecule has 0 unspecified atom stereocenters. The zero-order valence-corrected chi connectivity index (χ0v) is 14.8. The highest BCUT2D eigenvalue weighted by atomic mass is 32.2. The van der Waals surface area contributed by atoms with Crippen LogP contribution in [0.2, 0.25) is 0 Å². The molecule has 3 aromatic rings. The van der Waals surface area contributed by atoms with E-state index in [1.165, 1.54) is 12.1 Å². The average Bonchev–Trinajstić information content (AvgIpc) is 3.02.